The molecule has 0 radical (unpaired) electrons. The van der Waals surface area contributed by atoms with Crippen LogP contribution >= 0.6 is 23.2 Å². The van der Waals surface area contributed by atoms with Gasteiger partial charge in [0.1, 0.15) is 12.1 Å². The fourth-order valence-electron chi connectivity index (χ4n) is 2.93. The van der Waals surface area contributed by atoms with Crippen LogP contribution in [0.4, 0.5) is 4.79 Å². The predicted molar refractivity (Wildman–Crippen MR) is 103 cm³/mol. The Morgan fingerprint density at radius 1 is 1.26 bits per heavy atom. The van der Waals surface area contributed by atoms with E-state index in [1.54, 1.807) is 0 Å². The summed E-state index contributed by atoms with van der Waals surface area (Å²) < 4.78 is 0. The van der Waals surface area contributed by atoms with Crippen LogP contribution in [0.2, 0.25) is 0 Å². The third-order valence-corrected chi connectivity index (χ3v) is 4.51. The standard InChI is InChI=1S/C16H27Cl2N5O4/c1-11(2)10-12(14(24)19-7-5-17)20-15(25)13-4-3-8-22(13)16(26)23(21-27)9-6-18/h11-13H,3-10H2,1-2H3,(H,19,24)(H,20,25)/t12-,13-/m0/s1. The van der Waals surface area contributed by atoms with Gasteiger partial charge in [-0.25, -0.2) is 4.79 Å². The molecule has 2 N–H and O–H groups in total. The molecule has 11 heteroatoms. The number of hydrogen-bond acceptors (Lipinski definition) is 5. The van der Waals surface area contributed by atoms with Crippen LogP contribution in [0.25, 0.3) is 0 Å². The lowest BCUT2D eigenvalue weighted by Gasteiger charge is -2.28. The number of rotatable bonds is 10. The molecular formula is C16H27Cl2N5O4. The molecule has 0 saturated carbocycles. The monoisotopic (exact) mass is 423 g/mol. The number of nitrogens with zero attached hydrogens (tertiary/aromatic N) is 3. The van der Waals surface area contributed by atoms with E-state index < -0.39 is 24.0 Å². The van der Waals surface area contributed by atoms with Gasteiger partial charge in [0, 0.05) is 24.8 Å². The number of halogens is 2. The zero-order valence-corrected chi connectivity index (χ0v) is 17.1. The predicted octanol–water partition coefficient (Wildman–Crippen LogP) is 1.68. The summed E-state index contributed by atoms with van der Waals surface area (Å²) in [6.07, 6.45) is 1.52. The van der Waals surface area contributed by atoms with Crippen molar-refractivity contribution in [2.45, 2.75) is 45.2 Å². The van der Waals surface area contributed by atoms with E-state index in [1.807, 2.05) is 13.8 Å². The highest BCUT2D eigenvalue weighted by Gasteiger charge is 2.38. The number of amides is 4. The molecule has 2 atom stereocenters. The number of nitroso groups, excluding NO2 is 1. The Bertz CT molecular complexity index is 535. The van der Waals surface area contributed by atoms with E-state index in [-0.39, 0.29) is 30.1 Å². The van der Waals surface area contributed by atoms with Crippen molar-refractivity contribution < 1.29 is 14.4 Å². The normalized spacial score (nSPS) is 17.5. The van der Waals surface area contributed by atoms with Gasteiger partial charge in [0.05, 0.1) is 11.8 Å². The SMILES string of the molecule is CC(C)C[C@H](NC(=O)[C@@H]1CCCN1C(=O)N(CCCl)N=O)C(=O)NCCCl. The second-order valence-corrected chi connectivity index (χ2v) is 7.45. The van der Waals surface area contributed by atoms with Gasteiger partial charge < -0.3 is 15.5 Å². The lowest BCUT2D eigenvalue weighted by molar-refractivity contribution is -0.131. The van der Waals surface area contributed by atoms with E-state index in [2.05, 4.69) is 15.9 Å². The zero-order chi connectivity index (χ0) is 20.4. The third-order valence-electron chi connectivity index (χ3n) is 4.15. The number of nitrogens with one attached hydrogen (secondary N) is 2. The lowest BCUT2D eigenvalue weighted by atomic mass is 10.0. The number of carbonyl (C=O) groups excluding carboxylic acids is 3. The molecule has 1 saturated heterocycles. The van der Waals surface area contributed by atoms with Gasteiger partial charge in [-0.1, -0.05) is 13.8 Å². The van der Waals surface area contributed by atoms with Gasteiger partial charge in [-0.15, -0.1) is 28.1 Å². The van der Waals surface area contributed by atoms with E-state index in [0.717, 1.165) is 0 Å². The molecule has 0 aromatic heterocycles. The minimum Gasteiger partial charge on any atom is -0.353 e. The maximum Gasteiger partial charge on any atom is 0.343 e. The smallest absolute Gasteiger partial charge is 0.343 e. The van der Waals surface area contributed by atoms with Gasteiger partial charge in [-0.2, -0.15) is 5.01 Å². The van der Waals surface area contributed by atoms with Crippen molar-refractivity contribution in [1.29, 1.82) is 0 Å². The molecule has 0 bridgehead atoms. The molecule has 0 aromatic rings. The molecule has 0 aliphatic carbocycles. The Morgan fingerprint density at radius 3 is 2.52 bits per heavy atom. The quantitative estimate of drug-likeness (QED) is 0.316. The Morgan fingerprint density at radius 2 is 1.96 bits per heavy atom. The van der Waals surface area contributed by atoms with Crippen molar-refractivity contribution in [2.24, 2.45) is 11.2 Å². The first kappa shape index (κ1) is 23.4. The molecule has 1 rings (SSSR count). The number of likely N-dealkylation sites (tertiary alicyclic amines) is 1. The topological polar surface area (TPSA) is 111 Å². The first-order chi connectivity index (χ1) is 12.8. The van der Waals surface area contributed by atoms with Gasteiger partial charge in [-0.3, -0.25) is 9.59 Å². The van der Waals surface area contributed by atoms with Crippen LogP contribution in [-0.2, 0) is 9.59 Å². The number of carbonyl (C=O) groups is 3. The van der Waals surface area contributed by atoms with Crippen LogP contribution in [-0.4, -0.2) is 71.2 Å². The first-order valence-electron chi connectivity index (χ1n) is 8.97. The third kappa shape index (κ3) is 7.14. The number of alkyl halides is 2. The Balaban J connectivity index is 2.82. The Hall–Kier alpha value is -1.61. The van der Waals surface area contributed by atoms with Crippen molar-refractivity contribution in [1.82, 2.24) is 20.5 Å². The van der Waals surface area contributed by atoms with Crippen molar-refractivity contribution in [3.63, 3.8) is 0 Å². The Labute approximate surface area is 169 Å². The summed E-state index contributed by atoms with van der Waals surface area (Å²) in [4.78, 5) is 49.6. The van der Waals surface area contributed by atoms with Crippen LogP contribution in [0, 0.1) is 10.8 Å². The summed E-state index contributed by atoms with van der Waals surface area (Å²) in [6, 6.07) is -2.13. The summed E-state index contributed by atoms with van der Waals surface area (Å²) in [5, 5.41) is 8.78. The van der Waals surface area contributed by atoms with Crippen LogP contribution in [0.5, 0.6) is 0 Å². The minimum atomic E-state index is -0.757. The average molecular weight is 424 g/mol. The molecular weight excluding hydrogens is 397 g/mol. The molecule has 4 amide bonds. The molecule has 0 spiro atoms. The van der Waals surface area contributed by atoms with Gasteiger partial charge in [0.2, 0.25) is 11.8 Å². The largest absolute Gasteiger partial charge is 0.353 e. The molecule has 9 nitrogen and oxygen atoms in total. The average Bonchev–Trinajstić information content (AvgIpc) is 3.12. The summed E-state index contributed by atoms with van der Waals surface area (Å²) in [5.74, 6) is -0.235. The van der Waals surface area contributed by atoms with Crippen molar-refractivity contribution in [3.05, 3.63) is 4.91 Å². The maximum absolute atomic E-state index is 12.7. The van der Waals surface area contributed by atoms with E-state index in [4.69, 9.17) is 23.2 Å². The van der Waals surface area contributed by atoms with Gasteiger partial charge in [0.25, 0.3) is 0 Å². The number of hydrogen-bond donors (Lipinski definition) is 2. The summed E-state index contributed by atoms with van der Waals surface area (Å²) in [7, 11) is 0. The van der Waals surface area contributed by atoms with E-state index >= 15 is 0 Å². The summed E-state index contributed by atoms with van der Waals surface area (Å²) >= 11 is 11.2. The summed E-state index contributed by atoms with van der Waals surface area (Å²) in [5.41, 5.74) is 0. The highest BCUT2D eigenvalue weighted by molar-refractivity contribution is 6.18. The minimum absolute atomic E-state index is 0.0362. The van der Waals surface area contributed by atoms with E-state index in [1.165, 1.54) is 4.90 Å². The number of urea groups is 1. The second-order valence-electron chi connectivity index (χ2n) is 6.70. The van der Waals surface area contributed by atoms with Crippen molar-refractivity contribution in [3.8, 4) is 0 Å². The van der Waals surface area contributed by atoms with Crippen LogP contribution < -0.4 is 10.6 Å². The molecule has 1 aliphatic heterocycles. The summed E-state index contributed by atoms with van der Waals surface area (Å²) in [6.45, 7) is 4.49. The molecule has 0 aromatic carbocycles. The van der Waals surface area contributed by atoms with Crippen LogP contribution in [0.3, 0.4) is 0 Å². The highest BCUT2D eigenvalue weighted by Crippen LogP contribution is 2.20. The van der Waals surface area contributed by atoms with Gasteiger partial charge in [0.15, 0.2) is 0 Å². The molecule has 0 unspecified atom stereocenters. The molecule has 1 fully saturated rings. The first-order valence-corrected chi connectivity index (χ1v) is 10.0. The zero-order valence-electron chi connectivity index (χ0n) is 15.6. The van der Waals surface area contributed by atoms with Gasteiger partial charge in [-0.05, 0) is 25.2 Å². The molecule has 27 heavy (non-hydrogen) atoms. The molecule has 154 valence electrons. The fourth-order valence-corrected chi connectivity index (χ4v) is 3.19. The fraction of sp³-hybridized carbons (Fsp3) is 0.812. The van der Waals surface area contributed by atoms with Crippen LogP contribution in [0.1, 0.15) is 33.1 Å². The Kier molecular flexibility index (Phi) is 10.4. The van der Waals surface area contributed by atoms with Gasteiger partial charge >= 0.3 is 6.03 Å². The van der Waals surface area contributed by atoms with E-state index in [9.17, 15) is 19.3 Å². The van der Waals surface area contributed by atoms with Crippen LogP contribution in [0.15, 0.2) is 5.29 Å². The van der Waals surface area contributed by atoms with Crippen molar-refractivity contribution >= 4 is 41.0 Å². The highest BCUT2D eigenvalue weighted by atomic mass is 35.5. The maximum atomic E-state index is 12.7. The van der Waals surface area contributed by atoms with Crippen molar-refractivity contribution in [2.75, 3.05) is 31.4 Å². The molecule has 1 aliphatic rings. The molecule has 1 heterocycles. The lowest BCUT2D eigenvalue weighted by Crippen LogP contribution is -2.55. The second kappa shape index (κ2) is 12.0. The van der Waals surface area contributed by atoms with E-state index in [0.29, 0.717) is 37.4 Å².